The third-order valence-corrected chi connectivity index (χ3v) is 2.99. The van der Waals surface area contributed by atoms with Crippen LogP contribution in [0.3, 0.4) is 0 Å². The monoisotopic (exact) mass is 215 g/mol. The SMILES string of the molecule is CCOC(CN)COC1CCCCCC1. The van der Waals surface area contributed by atoms with E-state index in [1.54, 1.807) is 0 Å². The Morgan fingerprint density at radius 2 is 1.87 bits per heavy atom. The van der Waals surface area contributed by atoms with Crippen molar-refractivity contribution in [3.8, 4) is 0 Å². The van der Waals surface area contributed by atoms with Crippen LogP contribution in [0.15, 0.2) is 0 Å². The molecular formula is C12H25NO2. The summed E-state index contributed by atoms with van der Waals surface area (Å²) in [6, 6.07) is 0. The topological polar surface area (TPSA) is 44.5 Å². The van der Waals surface area contributed by atoms with Crippen molar-refractivity contribution in [1.29, 1.82) is 0 Å². The van der Waals surface area contributed by atoms with Gasteiger partial charge >= 0.3 is 0 Å². The lowest BCUT2D eigenvalue weighted by molar-refractivity contribution is -0.0407. The minimum atomic E-state index is 0.0817. The molecule has 2 N–H and O–H groups in total. The molecule has 1 aliphatic rings. The van der Waals surface area contributed by atoms with Gasteiger partial charge in [0.2, 0.25) is 0 Å². The summed E-state index contributed by atoms with van der Waals surface area (Å²) >= 11 is 0. The third-order valence-electron chi connectivity index (χ3n) is 2.99. The molecule has 0 aromatic heterocycles. The molecule has 3 heteroatoms. The second kappa shape index (κ2) is 8.08. The number of ether oxygens (including phenoxy) is 2. The van der Waals surface area contributed by atoms with Crippen molar-refractivity contribution in [2.24, 2.45) is 5.73 Å². The van der Waals surface area contributed by atoms with Gasteiger partial charge in [-0.25, -0.2) is 0 Å². The molecule has 90 valence electrons. The maximum Gasteiger partial charge on any atom is 0.0930 e. The fraction of sp³-hybridized carbons (Fsp3) is 1.00. The molecule has 3 nitrogen and oxygen atoms in total. The fourth-order valence-corrected chi connectivity index (χ4v) is 2.07. The Hall–Kier alpha value is -0.120. The molecule has 1 rings (SSSR count). The van der Waals surface area contributed by atoms with Crippen molar-refractivity contribution in [2.45, 2.75) is 57.7 Å². The Morgan fingerprint density at radius 3 is 2.40 bits per heavy atom. The van der Waals surface area contributed by atoms with Gasteiger partial charge in [0.1, 0.15) is 0 Å². The summed E-state index contributed by atoms with van der Waals surface area (Å²) in [6.07, 6.45) is 8.31. The molecular weight excluding hydrogens is 190 g/mol. The standard InChI is InChI=1S/C12H25NO2/c1-2-14-12(9-13)10-15-11-7-5-3-4-6-8-11/h11-12H,2-10,13H2,1H3. The van der Waals surface area contributed by atoms with Gasteiger partial charge in [-0.1, -0.05) is 25.7 Å². The van der Waals surface area contributed by atoms with Gasteiger partial charge in [0.05, 0.1) is 18.8 Å². The maximum absolute atomic E-state index is 5.86. The molecule has 0 radical (unpaired) electrons. The van der Waals surface area contributed by atoms with Gasteiger partial charge in [-0.2, -0.15) is 0 Å². The molecule has 1 unspecified atom stereocenters. The van der Waals surface area contributed by atoms with Crippen molar-refractivity contribution < 1.29 is 9.47 Å². The molecule has 0 heterocycles. The summed E-state index contributed by atoms with van der Waals surface area (Å²) in [6.45, 7) is 3.93. The molecule has 0 spiro atoms. The minimum Gasteiger partial charge on any atom is -0.375 e. The molecule has 1 saturated carbocycles. The van der Waals surface area contributed by atoms with E-state index in [2.05, 4.69) is 0 Å². The Kier molecular flexibility index (Phi) is 6.98. The largest absolute Gasteiger partial charge is 0.375 e. The molecule has 1 aliphatic carbocycles. The molecule has 1 atom stereocenters. The smallest absolute Gasteiger partial charge is 0.0930 e. The van der Waals surface area contributed by atoms with Gasteiger partial charge in [-0.05, 0) is 19.8 Å². The van der Waals surface area contributed by atoms with E-state index in [4.69, 9.17) is 15.2 Å². The summed E-state index contributed by atoms with van der Waals surface area (Å²) < 4.78 is 11.3. The normalized spacial score (nSPS) is 21.2. The highest BCUT2D eigenvalue weighted by atomic mass is 16.5. The average molecular weight is 215 g/mol. The zero-order valence-electron chi connectivity index (χ0n) is 9.91. The molecule has 0 saturated heterocycles. The first-order valence-corrected chi connectivity index (χ1v) is 6.30. The maximum atomic E-state index is 5.86. The lowest BCUT2D eigenvalue weighted by atomic mass is 10.1. The Labute approximate surface area is 93.3 Å². The van der Waals surface area contributed by atoms with Gasteiger partial charge < -0.3 is 15.2 Å². The second-order valence-corrected chi connectivity index (χ2v) is 4.26. The van der Waals surface area contributed by atoms with Gasteiger partial charge in [0.25, 0.3) is 0 Å². The molecule has 15 heavy (non-hydrogen) atoms. The van der Waals surface area contributed by atoms with E-state index in [1.165, 1.54) is 38.5 Å². The van der Waals surface area contributed by atoms with Crippen LogP contribution in [0.5, 0.6) is 0 Å². The first kappa shape index (κ1) is 12.9. The van der Waals surface area contributed by atoms with Gasteiger partial charge in [0.15, 0.2) is 0 Å². The van der Waals surface area contributed by atoms with E-state index in [9.17, 15) is 0 Å². The second-order valence-electron chi connectivity index (χ2n) is 4.26. The van der Waals surface area contributed by atoms with Crippen LogP contribution in [-0.2, 0) is 9.47 Å². The Morgan fingerprint density at radius 1 is 1.20 bits per heavy atom. The summed E-state index contributed by atoms with van der Waals surface area (Å²) in [5, 5.41) is 0. The van der Waals surface area contributed by atoms with Crippen LogP contribution in [0.2, 0.25) is 0 Å². The lowest BCUT2D eigenvalue weighted by Gasteiger charge is -2.20. The molecule has 1 fully saturated rings. The first-order valence-electron chi connectivity index (χ1n) is 6.30. The highest BCUT2D eigenvalue weighted by Gasteiger charge is 2.14. The zero-order valence-corrected chi connectivity index (χ0v) is 9.91. The van der Waals surface area contributed by atoms with E-state index >= 15 is 0 Å². The zero-order chi connectivity index (χ0) is 10.9. The van der Waals surface area contributed by atoms with E-state index in [0.717, 1.165) is 6.61 Å². The van der Waals surface area contributed by atoms with Crippen molar-refractivity contribution in [3.63, 3.8) is 0 Å². The van der Waals surface area contributed by atoms with E-state index in [-0.39, 0.29) is 6.10 Å². The Bertz CT molecular complexity index is 145. The Balaban J connectivity index is 2.15. The lowest BCUT2D eigenvalue weighted by Crippen LogP contribution is -2.31. The summed E-state index contributed by atoms with van der Waals surface area (Å²) in [5.74, 6) is 0. The highest BCUT2D eigenvalue weighted by molar-refractivity contribution is 4.66. The van der Waals surface area contributed by atoms with E-state index in [1.807, 2.05) is 6.92 Å². The van der Waals surface area contributed by atoms with Gasteiger partial charge in [-0.15, -0.1) is 0 Å². The van der Waals surface area contributed by atoms with Crippen LogP contribution in [-0.4, -0.2) is 32.0 Å². The number of hydrogen-bond donors (Lipinski definition) is 1. The molecule has 0 amide bonds. The molecule has 0 aromatic carbocycles. The van der Waals surface area contributed by atoms with Crippen LogP contribution in [0, 0.1) is 0 Å². The predicted octanol–water partition coefficient (Wildman–Crippen LogP) is 2.09. The minimum absolute atomic E-state index is 0.0817. The molecule has 0 bridgehead atoms. The van der Waals surface area contributed by atoms with Crippen LogP contribution >= 0.6 is 0 Å². The average Bonchev–Trinajstić information content (AvgIpc) is 2.52. The number of hydrogen-bond acceptors (Lipinski definition) is 3. The fourth-order valence-electron chi connectivity index (χ4n) is 2.07. The van der Waals surface area contributed by atoms with Crippen LogP contribution in [0.25, 0.3) is 0 Å². The van der Waals surface area contributed by atoms with Crippen molar-refractivity contribution in [1.82, 2.24) is 0 Å². The van der Waals surface area contributed by atoms with Crippen LogP contribution in [0.1, 0.15) is 45.4 Å². The van der Waals surface area contributed by atoms with Crippen molar-refractivity contribution in [3.05, 3.63) is 0 Å². The van der Waals surface area contributed by atoms with Crippen molar-refractivity contribution in [2.75, 3.05) is 19.8 Å². The van der Waals surface area contributed by atoms with Crippen LogP contribution < -0.4 is 5.73 Å². The molecule has 0 aromatic rings. The van der Waals surface area contributed by atoms with E-state index in [0.29, 0.717) is 19.3 Å². The van der Waals surface area contributed by atoms with Crippen LogP contribution in [0.4, 0.5) is 0 Å². The number of rotatable bonds is 6. The summed E-state index contributed by atoms with van der Waals surface area (Å²) in [7, 11) is 0. The van der Waals surface area contributed by atoms with E-state index < -0.39 is 0 Å². The quantitative estimate of drug-likeness (QED) is 0.690. The predicted molar refractivity (Wildman–Crippen MR) is 61.9 cm³/mol. The van der Waals surface area contributed by atoms with Gasteiger partial charge in [0, 0.05) is 13.2 Å². The molecule has 0 aliphatic heterocycles. The summed E-state index contributed by atoms with van der Waals surface area (Å²) in [4.78, 5) is 0. The number of nitrogens with two attached hydrogens (primary N) is 1. The van der Waals surface area contributed by atoms with Gasteiger partial charge in [-0.3, -0.25) is 0 Å². The first-order chi connectivity index (χ1) is 7.36. The van der Waals surface area contributed by atoms with Crippen molar-refractivity contribution >= 4 is 0 Å². The highest BCUT2D eigenvalue weighted by Crippen LogP contribution is 2.19. The third kappa shape index (κ3) is 5.50. The summed E-state index contributed by atoms with van der Waals surface area (Å²) in [5.41, 5.74) is 5.60.